The molecule has 3 aromatic rings. The molecule has 0 aromatic carbocycles. The third-order valence-corrected chi connectivity index (χ3v) is 5.57. The lowest BCUT2D eigenvalue weighted by Crippen LogP contribution is -2.45. The molecule has 2 aliphatic heterocycles. The number of hydrogen-bond donors (Lipinski definition) is 0. The van der Waals surface area contributed by atoms with Gasteiger partial charge >= 0.3 is 0 Å². The van der Waals surface area contributed by atoms with Crippen LogP contribution in [0, 0.1) is 0 Å². The van der Waals surface area contributed by atoms with Crippen LogP contribution >= 0.6 is 0 Å². The Bertz CT molecular complexity index is 986. The molecule has 1 atom stereocenters. The molecular formula is C18H22N8O. The summed E-state index contributed by atoms with van der Waals surface area (Å²) in [7, 11) is 1.97. The Hall–Kier alpha value is -2.97. The van der Waals surface area contributed by atoms with E-state index in [0.717, 1.165) is 43.1 Å². The molecule has 3 aromatic heterocycles. The van der Waals surface area contributed by atoms with E-state index < -0.39 is 0 Å². The number of likely N-dealkylation sites (tertiary alicyclic amines) is 1. The summed E-state index contributed by atoms with van der Waals surface area (Å²) in [6.07, 6.45) is 6.78. The first-order valence-electron chi connectivity index (χ1n) is 9.41. The number of nitrogens with zero attached hydrogens (tertiary/aromatic N) is 8. The molecule has 2 aliphatic rings. The van der Waals surface area contributed by atoms with Crippen LogP contribution in [-0.2, 0) is 18.4 Å². The van der Waals surface area contributed by atoms with E-state index in [1.54, 1.807) is 17.2 Å². The molecule has 0 unspecified atom stereocenters. The topological polar surface area (TPSA) is 84.5 Å². The van der Waals surface area contributed by atoms with Crippen LogP contribution in [0.2, 0.25) is 0 Å². The molecule has 0 spiro atoms. The maximum atomic E-state index is 13.3. The van der Waals surface area contributed by atoms with Gasteiger partial charge in [0.1, 0.15) is 12.1 Å². The van der Waals surface area contributed by atoms with Gasteiger partial charge in [-0.1, -0.05) is 0 Å². The van der Waals surface area contributed by atoms with E-state index in [-0.39, 0.29) is 11.8 Å². The van der Waals surface area contributed by atoms with E-state index in [4.69, 9.17) is 0 Å². The third-order valence-electron chi connectivity index (χ3n) is 5.57. The van der Waals surface area contributed by atoms with Crippen LogP contribution in [0.1, 0.15) is 36.6 Å². The van der Waals surface area contributed by atoms with Gasteiger partial charge in [0.25, 0.3) is 0 Å². The molecule has 27 heavy (non-hydrogen) atoms. The van der Waals surface area contributed by atoms with Crippen molar-refractivity contribution in [1.82, 2.24) is 34.3 Å². The monoisotopic (exact) mass is 366 g/mol. The molecule has 0 aliphatic carbocycles. The number of rotatable bonds is 2. The molecule has 0 bridgehead atoms. The van der Waals surface area contributed by atoms with E-state index >= 15 is 0 Å². The molecule has 0 N–H and O–H groups in total. The lowest BCUT2D eigenvalue weighted by Gasteiger charge is -2.36. The fraction of sp³-hybridized carbons (Fsp3) is 0.500. The van der Waals surface area contributed by atoms with Gasteiger partial charge in [-0.05, 0) is 31.4 Å². The first-order valence-corrected chi connectivity index (χ1v) is 9.41. The van der Waals surface area contributed by atoms with E-state index in [1.165, 1.54) is 6.42 Å². The van der Waals surface area contributed by atoms with Gasteiger partial charge in [0, 0.05) is 26.7 Å². The quantitative estimate of drug-likeness (QED) is 0.672. The summed E-state index contributed by atoms with van der Waals surface area (Å²) in [6.45, 7) is 2.95. The summed E-state index contributed by atoms with van der Waals surface area (Å²) in [5.41, 5.74) is 2.69. The predicted octanol–water partition coefficient (Wildman–Crippen LogP) is 0.974. The minimum absolute atomic E-state index is 0.203. The van der Waals surface area contributed by atoms with Gasteiger partial charge in [0.15, 0.2) is 5.65 Å². The van der Waals surface area contributed by atoms with Crippen molar-refractivity contribution in [2.24, 2.45) is 7.05 Å². The Morgan fingerprint density at radius 3 is 2.85 bits per heavy atom. The second-order valence-electron chi connectivity index (χ2n) is 7.33. The molecule has 1 saturated heterocycles. The van der Waals surface area contributed by atoms with Crippen molar-refractivity contribution < 1.29 is 4.79 Å². The molecule has 0 saturated carbocycles. The van der Waals surface area contributed by atoms with Crippen molar-refractivity contribution in [3.63, 3.8) is 0 Å². The molecule has 9 heteroatoms. The Labute approximate surface area is 156 Å². The summed E-state index contributed by atoms with van der Waals surface area (Å²) in [5, 5.41) is 12.5. The number of hydrogen-bond acceptors (Lipinski definition) is 6. The molecule has 0 radical (unpaired) electrons. The molecule has 1 amide bonds. The SMILES string of the molecule is Cn1cnc2c1[C@@H](C(=O)N1CCCCC1)CN(c1ccc3nncn3n1)C2. The van der Waals surface area contributed by atoms with Crippen LogP contribution in [0.25, 0.3) is 5.65 Å². The van der Waals surface area contributed by atoms with Crippen molar-refractivity contribution in [1.29, 1.82) is 0 Å². The first-order chi connectivity index (χ1) is 13.2. The van der Waals surface area contributed by atoms with Crippen molar-refractivity contribution in [2.45, 2.75) is 31.7 Å². The van der Waals surface area contributed by atoms with Crippen LogP contribution in [0.4, 0.5) is 5.82 Å². The number of carbonyl (C=O) groups excluding carboxylic acids is 1. The first kappa shape index (κ1) is 16.2. The van der Waals surface area contributed by atoms with E-state index in [9.17, 15) is 4.79 Å². The van der Waals surface area contributed by atoms with Gasteiger partial charge in [-0.2, -0.15) is 4.52 Å². The number of piperidine rings is 1. The number of imidazole rings is 1. The number of anilines is 1. The molecule has 1 fully saturated rings. The van der Waals surface area contributed by atoms with E-state index in [2.05, 4.69) is 25.2 Å². The Morgan fingerprint density at radius 2 is 2.00 bits per heavy atom. The maximum absolute atomic E-state index is 13.3. The van der Waals surface area contributed by atoms with Gasteiger partial charge in [0.05, 0.1) is 30.2 Å². The van der Waals surface area contributed by atoms with Crippen LogP contribution in [0.5, 0.6) is 0 Å². The lowest BCUT2D eigenvalue weighted by atomic mass is 9.95. The molecule has 5 rings (SSSR count). The highest BCUT2D eigenvalue weighted by atomic mass is 16.2. The molecule has 5 heterocycles. The summed E-state index contributed by atoms with van der Waals surface area (Å²) >= 11 is 0. The smallest absolute Gasteiger partial charge is 0.233 e. The summed E-state index contributed by atoms with van der Waals surface area (Å²) in [5.74, 6) is 0.780. The Balaban J connectivity index is 1.49. The Morgan fingerprint density at radius 1 is 1.15 bits per heavy atom. The Kier molecular flexibility index (Phi) is 3.80. The second-order valence-corrected chi connectivity index (χ2v) is 7.33. The predicted molar refractivity (Wildman–Crippen MR) is 98.2 cm³/mol. The van der Waals surface area contributed by atoms with E-state index in [1.807, 2.05) is 28.6 Å². The minimum atomic E-state index is -0.224. The molecule has 9 nitrogen and oxygen atoms in total. The number of carbonyl (C=O) groups is 1. The fourth-order valence-corrected chi connectivity index (χ4v) is 4.20. The van der Waals surface area contributed by atoms with E-state index in [0.29, 0.717) is 18.7 Å². The van der Waals surface area contributed by atoms with Gasteiger partial charge in [-0.15, -0.1) is 15.3 Å². The zero-order chi connectivity index (χ0) is 18.4. The molecular weight excluding hydrogens is 344 g/mol. The lowest BCUT2D eigenvalue weighted by molar-refractivity contribution is -0.133. The number of amides is 1. The summed E-state index contributed by atoms with van der Waals surface area (Å²) in [4.78, 5) is 22.0. The van der Waals surface area contributed by atoms with Gasteiger partial charge in [-0.3, -0.25) is 4.79 Å². The van der Waals surface area contributed by atoms with Gasteiger partial charge in [0.2, 0.25) is 5.91 Å². The fourth-order valence-electron chi connectivity index (χ4n) is 4.20. The van der Waals surface area contributed by atoms with Gasteiger partial charge in [-0.25, -0.2) is 4.98 Å². The standard InChI is InChI=1S/C18H22N8O/c1-23-11-19-14-10-25(16-6-5-15-21-20-12-26(15)22-16)9-13(17(14)23)18(27)24-7-3-2-4-8-24/h5-6,11-13H,2-4,7-10H2,1H3/t13-/m0/s1. The highest BCUT2D eigenvalue weighted by Crippen LogP contribution is 2.32. The zero-order valence-corrected chi connectivity index (χ0v) is 15.3. The zero-order valence-electron chi connectivity index (χ0n) is 15.3. The van der Waals surface area contributed by atoms with Crippen LogP contribution in [-0.4, -0.2) is 59.8 Å². The van der Waals surface area contributed by atoms with Gasteiger partial charge < -0.3 is 14.4 Å². The summed E-state index contributed by atoms with van der Waals surface area (Å²) < 4.78 is 3.65. The third kappa shape index (κ3) is 2.73. The van der Waals surface area contributed by atoms with Crippen LogP contribution in [0.3, 0.4) is 0 Å². The van der Waals surface area contributed by atoms with Crippen molar-refractivity contribution in [3.8, 4) is 0 Å². The number of aryl methyl sites for hydroxylation is 1. The normalized spacial score (nSPS) is 20.1. The highest BCUT2D eigenvalue weighted by Gasteiger charge is 2.37. The second kappa shape index (κ2) is 6.33. The average molecular weight is 366 g/mol. The van der Waals surface area contributed by atoms with Crippen molar-refractivity contribution in [2.75, 3.05) is 24.5 Å². The van der Waals surface area contributed by atoms with Crippen LogP contribution in [0.15, 0.2) is 24.8 Å². The maximum Gasteiger partial charge on any atom is 0.233 e. The van der Waals surface area contributed by atoms with Crippen molar-refractivity contribution in [3.05, 3.63) is 36.2 Å². The minimum Gasteiger partial charge on any atom is -0.348 e. The van der Waals surface area contributed by atoms with Crippen LogP contribution < -0.4 is 4.90 Å². The summed E-state index contributed by atoms with van der Waals surface area (Å²) in [6, 6.07) is 3.82. The largest absolute Gasteiger partial charge is 0.348 e. The average Bonchev–Trinajstić information content (AvgIpc) is 3.33. The highest BCUT2D eigenvalue weighted by molar-refractivity contribution is 5.85. The molecule has 140 valence electrons. The van der Waals surface area contributed by atoms with Crippen molar-refractivity contribution >= 4 is 17.4 Å². The number of aromatic nitrogens is 6. The number of fused-ring (bicyclic) bond motifs is 2.